The van der Waals surface area contributed by atoms with E-state index in [1.165, 1.54) is 0 Å². The predicted octanol–water partition coefficient (Wildman–Crippen LogP) is 3.97. The van der Waals surface area contributed by atoms with E-state index in [0.717, 1.165) is 11.1 Å². The van der Waals surface area contributed by atoms with Crippen molar-refractivity contribution < 1.29 is 22.7 Å². The molecule has 8 heteroatoms. The Labute approximate surface area is 191 Å². The number of carbonyl (C=O) groups excluding carboxylic acids is 1. The number of nitrogens with one attached hydrogen (secondary N) is 2. The highest BCUT2D eigenvalue weighted by atomic mass is 32.2. The van der Waals surface area contributed by atoms with Gasteiger partial charge >= 0.3 is 0 Å². The van der Waals surface area contributed by atoms with Crippen molar-refractivity contribution in [1.29, 1.82) is 0 Å². The summed E-state index contributed by atoms with van der Waals surface area (Å²) < 4.78 is 38.6. The second-order valence-electron chi connectivity index (χ2n) is 7.82. The molecular weight excluding hydrogens is 428 g/mol. The average molecular weight is 463 g/mol. The molecule has 0 saturated carbocycles. The summed E-state index contributed by atoms with van der Waals surface area (Å²) in [6.07, 6.45) is 0.0314. The van der Waals surface area contributed by atoms with E-state index in [2.05, 4.69) is 10.0 Å². The molecule has 0 spiro atoms. The lowest BCUT2D eigenvalue weighted by Gasteiger charge is -2.24. The Morgan fingerprint density at radius 3 is 2.19 bits per heavy atom. The van der Waals surface area contributed by atoms with E-state index in [1.54, 1.807) is 24.3 Å². The Morgan fingerprint density at radius 2 is 1.59 bits per heavy atom. The molecule has 0 aromatic heterocycles. The standard InChI is InChI=1S/C24H34N2O5S/c1-6-30-21-13-10-19(16-22(21)31-7-2)24(17(3)4)26-23(27)14-15-25-32(28,29)20-11-8-18(5)9-12-20/h8-13,16-17,24-25H,6-7,14-15H2,1-5H3,(H,26,27). The molecular formula is C24H34N2O5S. The lowest BCUT2D eigenvalue weighted by atomic mass is 9.95. The summed E-state index contributed by atoms with van der Waals surface area (Å²) in [5.41, 5.74) is 1.88. The molecule has 2 N–H and O–H groups in total. The van der Waals surface area contributed by atoms with Gasteiger partial charge in [0.25, 0.3) is 0 Å². The second-order valence-corrected chi connectivity index (χ2v) is 9.59. The maximum atomic E-state index is 12.6. The van der Waals surface area contributed by atoms with Crippen LogP contribution in [0.15, 0.2) is 47.4 Å². The van der Waals surface area contributed by atoms with Crippen LogP contribution in [0.1, 0.15) is 51.3 Å². The molecule has 1 unspecified atom stereocenters. The maximum absolute atomic E-state index is 12.6. The van der Waals surface area contributed by atoms with Gasteiger partial charge in [-0.1, -0.05) is 37.6 Å². The maximum Gasteiger partial charge on any atom is 0.240 e. The zero-order valence-corrected chi connectivity index (χ0v) is 20.3. The smallest absolute Gasteiger partial charge is 0.240 e. The van der Waals surface area contributed by atoms with Gasteiger partial charge in [-0.25, -0.2) is 13.1 Å². The monoisotopic (exact) mass is 462 g/mol. The SMILES string of the molecule is CCOc1ccc(C(NC(=O)CCNS(=O)(=O)c2ccc(C)cc2)C(C)C)cc1OCC. The van der Waals surface area contributed by atoms with E-state index in [-0.39, 0.29) is 35.7 Å². The third-order valence-electron chi connectivity index (χ3n) is 4.89. The van der Waals surface area contributed by atoms with Crippen molar-refractivity contribution in [3.8, 4) is 11.5 Å². The molecule has 32 heavy (non-hydrogen) atoms. The minimum absolute atomic E-state index is 0.0142. The van der Waals surface area contributed by atoms with Gasteiger partial charge in [0.15, 0.2) is 11.5 Å². The number of ether oxygens (including phenoxy) is 2. The quantitative estimate of drug-likeness (QED) is 0.498. The van der Waals surface area contributed by atoms with Crippen LogP contribution < -0.4 is 19.5 Å². The summed E-state index contributed by atoms with van der Waals surface area (Å²) in [7, 11) is -3.65. The Kier molecular flexibility index (Phi) is 9.53. The van der Waals surface area contributed by atoms with Gasteiger partial charge in [-0.3, -0.25) is 4.79 Å². The summed E-state index contributed by atoms with van der Waals surface area (Å²) in [5, 5.41) is 3.02. The van der Waals surface area contributed by atoms with Crippen LogP contribution in [0.5, 0.6) is 11.5 Å². The Hall–Kier alpha value is -2.58. The predicted molar refractivity (Wildman–Crippen MR) is 125 cm³/mol. The van der Waals surface area contributed by atoms with Gasteiger partial charge in [0.05, 0.1) is 24.2 Å². The number of sulfonamides is 1. The summed E-state index contributed by atoms with van der Waals surface area (Å²) in [4.78, 5) is 12.8. The number of rotatable bonds is 12. The second kappa shape index (κ2) is 11.9. The Morgan fingerprint density at radius 1 is 0.969 bits per heavy atom. The van der Waals surface area contributed by atoms with Crippen molar-refractivity contribution in [3.63, 3.8) is 0 Å². The largest absolute Gasteiger partial charge is 0.490 e. The lowest BCUT2D eigenvalue weighted by Crippen LogP contribution is -2.34. The van der Waals surface area contributed by atoms with E-state index in [0.29, 0.717) is 24.7 Å². The minimum atomic E-state index is -3.65. The van der Waals surface area contributed by atoms with Crippen molar-refractivity contribution in [2.75, 3.05) is 19.8 Å². The summed E-state index contributed by atoms with van der Waals surface area (Å²) >= 11 is 0. The number of carbonyl (C=O) groups is 1. The van der Waals surface area contributed by atoms with E-state index in [4.69, 9.17) is 9.47 Å². The van der Waals surface area contributed by atoms with Crippen molar-refractivity contribution >= 4 is 15.9 Å². The summed E-state index contributed by atoms with van der Waals surface area (Å²) in [6.45, 7) is 10.8. The van der Waals surface area contributed by atoms with Crippen molar-refractivity contribution in [1.82, 2.24) is 10.0 Å². The molecule has 0 fully saturated rings. The first kappa shape index (κ1) is 25.7. The first-order valence-electron chi connectivity index (χ1n) is 10.9. The highest BCUT2D eigenvalue weighted by Gasteiger charge is 2.21. The molecule has 0 radical (unpaired) electrons. The van der Waals surface area contributed by atoms with Crippen LogP contribution in [0.3, 0.4) is 0 Å². The molecule has 1 atom stereocenters. The molecule has 0 heterocycles. The van der Waals surface area contributed by atoms with Crippen LogP contribution in [0.4, 0.5) is 0 Å². The fourth-order valence-corrected chi connectivity index (χ4v) is 4.27. The molecule has 0 aliphatic carbocycles. The van der Waals surface area contributed by atoms with Gasteiger partial charge in [-0.2, -0.15) is 0 Å². The van der Waals surface area contributed by atoms with Crippen LogP contribution in [0.2, 0.25) is 0 Å². The number of hydrogen-bond acceptors (Lipinski definition) is 5. The normalized spacial score (nSPS) is 12.4. The third kappa shape index (κ3) is 7.24. The fourth-order valence-electron chi connectivity index (χ4n) is 3.24. The number of benzene rings is 2. The summed E-state index contributed by atoms with van der Waals surface area (Å²) in [5.74, 6) is 1.19. The van der Waals surface area contributed by atoms with Crippen LogP contribution in [-0.4, -0.2) is 34.1 Å². The number of hydrogen-bond donors (Lipinski definition) is 2. The molecule has 2 aromatic rings. The van der Waals surface area contributed by atoms with Gasteiger partial charge in [0.2, 0.25) is 15.9 Å². The van der Waals surface area contributed by atoms with Crippen LogP contribution in [0.25, 0.3) is 0 Å². The van der Waals surface area contributed by atoms with Crippen LogP contribution in [-0.2, 0) is 14.8 Å². The molecule has 0 aliphatic heterocycles. The first-order valence-corrected chi connectivity index (χ1v) is 12.4. The summed E-state index contributed by atoms with van der Waals surface area (Å²) in [6, 6.07) is 12.0. The molecule has 2 aromatic carbocycles. The van der Waals surface area contributed by atoms with Crippen molar-refractivity contribution in [3.05, 3.63) is 53.6 Å². The van der Waals surface area contributed by atoms with E-state index in [9.17, 15) is 13.2 Å². The molecule has 0 saturated heterocycles. The average Bonchev–Trinajstić information content (AvgIpc) is 2.73. The fraction of sp³-hybridized carbons (Fsp3) is 0.458. The molecule has 1 amide bonds. The molecule has 176 valence electrons. The van der Waals surface area contributed by atoms with E-state index < -0.39 is 10.0 Å². The zero-order valence-electron chi connectivity index (χ0n) is 19.5. The number of amides is 1. The zero-order chi connectivity index (χ0) is 23.7. The first-order chi connectivity index (χ1) is 15.2. The van der Waals surface area contributed by atoms with E-state index >= 15 is 0 Å². The Bertz CT molecular complexity index is 988. The topological polar surface area (TPSA) is 93.7 Å². The third-order valence-corrected chi connectivity index (χ3v) is 6.36. The van der Waals surface area contributed by atoms with Gasteiger partial charge < -0.3 is 14.8 Å². The van der Waals surface area contributed by atoms with Gasteiger partial charge in [-0.15, -0.1) is 0 Å². The van der Waals surface area contributed by atoms with Crippen molar-refractivity contribution in [2.24, 2.45) is 5.92 Å². The molecule has 7 nitrogen and oxygen atoms in total. The highest BCUT2D eigenvalue weighted by molar-refractivity contribution is 7.89. The molecule has 0 aliphatic rings. The Balaban J connectivity index is 2.03. The number of aryl methyl sites for hydroxylation is 1. The van der Waals surface area contributed by atoms with E-state index in [1.807, 2.05) is 52.8 Å². The van der Waals surface area contributed by atoms with Crippen molar-refractivity contribution in [2.45, 2.75) is 52.0 Å². The lowest BCUT2D eigenvalue weighted by molar-refractivity contribution is -0.122. The minimum Gasteiger partial charge on any atom is -0.490 e. The molecule has 2 rings (SSSR count). The molecule has 0 bridgehead atoms. The van der Waals surface area contributed by atoms with Crippen LogP contribution in [0, 0.1) is 12.8 Å². The van der Waals surface area contributed by atoms with Gasteiger partial charge in [0, 0.05) is 13.0 Å². The highest BCUT2D eigenvalue weighted by Crippen LogP contribution is 2.33. The van der Waals surface area contributed by atoms with Gasteiger partial charge in [-0.05, 0) is 56.5 Å². The van der Waals surface area contributed by atoms with Gasteiger partial charge in [0.1, 0.15) is 0 Å². The van der Waals surface area contributed by atoms with Crippen LogP contribution >= 0.6 is 0 Å².